The molecule has 2 aromatic carbocycles. The first-order valence-corrected chi connectivity index (χ1v) is 12.6. The molecule has 8 heteroatoms. The van der Waals surface area contributed by atoms with Crippen LogP contribution in [-0.2, 0) is 16.6 Å². The summed E-state index contributed by atoms with van der Waals surface area (Å²) in [5.41, 5.74) is 6.97. The van der Waals surface area contributed by atoms with Gasteiger partial charge in [-0.05, 0) is 29.3 Å². The van der Waals surface area contributed by atoms with Crippen molar-refractivity contribution in [3.63, 3.8) is 0 Å². The molecule has 0 spiro atoms. The third kappa shape index (κ3) is 4.77. The fourth-order valence-corrected chi connectivity index (χ4v) is 4.43. The van der Waals surface area contributed by atoms with Crippen molar-refractivity contribution in [2.45, 2.75) is 6.54 Å². The number of hydrogen-bond acceptors (Lipinski definition) is 5. The zero-order valence-corrected chi connectivity index (χ0v) is 19.3. The fourth-order valence-electron chi connectivity index (χ4n) is 3.89. The van der Waals surface area contributed by atoms with Gasteiger partial charge in [0.1, 0.15) is 0 Å². The predicted molar refractivity (Wildman–Crippen MR) is 136 cm³/mol. The van der Waals surface area contributed by atoms with Crippen LogP contribution in [0.4, 0.5) is 11.4 Å². The van der Waals surface area contributed by atoms with Gasteiger partial charge in [0.2, 0.25) is 10.0 Å². The molecule has 7 nitrogen and oxygen atoms in total. The van der Waals surface area contributed by atoms with Crippen LogP contribution >= 0.6 is 0 Å². The number of pyridine rings is 1. The summed E-state index contributed by atoms with van der Waals surface area (Å²) in [5, 5.41) is 8.37. The maximum atomic E-state index is 11.7. The Morgan fingerprint density at radius 1 is 0.882 bits per heavy atom. The van der Waals surface area contributed by atoms with Gasteiger partial charge in [0.15, 0.2) is 0 Å². The van der Waals surface area contributed by atoms with Crippen molar-refractivity contribution in [3.8, 4) is 22.4 Å². The third-order valence-electron chi connectivity index (χ3n) is 5.37. The molecular formula is C26H23N5O2S. The first-order valence-electron chi connectivity index (χ1n) is 10.8. The zero-order chi connectivity index (χ0) is 23.5. The van der Waals surface area contributed by atoms with Gasteiger partial charge in [0, 0.05) is 30.1 Å². The van der Waals surface area contributed by atoms with Crippen molar-refractivity contribution in [3.05, 3.63) is 103 Å². The Kier molecular flexibility index (Phi) is 5.73. The van der Waals surface area contributed by atoms with Gasteiger partial charge in [-0.2, -0.15) is 5.10 Å². The Morgan fingerprint density at radius 2 is 1.62 bits per heavy atom. The Hall–Kier alpha value is -4.17. The lowest BCUT2D eigenvalue weighted by atomic mass is 10.1. The van der Waals surface area contributed by atoms with Crippen LogP contribution in [-0.4, -0.2) is 29.3 Å². The SMILES string of the molecule is CS(=O)(=O)Nc1cncc(-c2cc(NCc3ccccc3)c3c(-c4ccccc4)ccn3n2)c1. The summed E-state index contributed by atoms with van der Waals surface area (Å²) in [7, 11) is -3.41. The molecule has 3 heterocycles. The average Bonchev–Trinajstić information content (AvgIpc) is 3.27. The molecule has 0 bridgehead atoms. The van der Waals surface area contributed by atoms with E-state index in [2.05, 4.69) is 45.4 Å². The van der Waals surface area contributed by atoms with E-state index >= 15 is 0 Å². The van der Waals surface area contributed by atoms with Crippen LogP contribution in [0.1, 0.15) is 5.56 Å². The van der Waals surface area contributed by atoms with E-state index in [-0.39, 0.29) is 0 Å². The molecular weight excluding hydrogens is 446 g/mol. The monoisotopic (exact) mass is 469 g/mol. The summed E-state index contributed by atoms with van der Waals surface area (Å²) in [4.78, 5) is 4.20. The third-order valence-corrected chi connectivity index (χ3v) is 5.97. The van der Waals surface area contributed by atoms with E-state index in [1.54, 1.807) is 12.3 Å². The van der Waals surface area contributed by atoms with Crippen molar-refractivity contribution >= 4 is 26.9 Å². The van der Waals surface area contributed by atoms with Crippen molar-refractivity contribution in [2.24, 2.45) is 0 Å². The highest BCUT2D eigenvalue weighted by Gasteiger charge is 2.14. The number of anilines is 2. The molecule has 0 atom stereocenters. The normalized spacial score (nSPS) is 11.4. The van der Waals surface area contributed by atoms with E-state index in [9.17, 15) is 8.42 Å². The van der Waals surface area contributed by atoms with Gasteiger partial charge in [-0.3, -0.25) is 9.71 Å². The highest BCUT2D eigenvalue weighted by Crippen LogP contribution is 2.33. The summed E-state index contributed by atoms with van der Waals surface area (Å²) in [6.45, 7) is 0.646. The largest absolute Gasteiger partial charge is 0.379 e. The maximum Gasteiger partial charge on any atom is 0.229 e. The second-order valence-corrected chi connectivity index (χ2v) is 9.76. The molecule has 0 aliphatic heterocycles. The average molecular weight is 470 g/mol. The number of nitrogens with zero attached hydrogens (tertiary/aromatic N) is 3. The van der Waals surface area contributed by atoms with Crippen LogP contribution in [0, 0.1) is 0 Å². The second-order valence-electron chi connectivity index (χ2n) is 8.01. The summed E-state index contributed by atoms with van der Waals surface area (Å²) in [6, 6.07) is 26.1. The molecule has 5 rings (SSSR count). The molecule has 0 aliphatic rings. The van der Waals surface area contributed by atoms with Gasteiger partial charge in [-0.1, -0.05) is 60.7 Å². The lowest BCUT2D eigenvalue weighted by Gasteiger charge is -2.13. The Balaban J connectivity index is 1.61. The number of fused-ring (bicyclic) bond motifs is 1. The Labute approximate surface area is 198 Å². The van der Waals surface area contributed by atoms with E-state index < -0.39 is 10.0 Å². The predicted octanol–water partition coefficient (Wildman–Crippen LogP) is 5.05. The first kappa shape index (κ1) is 21.7. The fraction of sp³-hybridized carbons (Fsp3) is 0.0769. The van der Waals surface area contributed by atoms with Crippen LogP contribution in [0.3, 0.4) is 0 Å². The summed E-state index contributed by atoms with van der Waals surface area (Å²) < 4.78 is 27.7. The second kappa shape index (κ2) is 8.99. The standard InChI is InChI=1S/C26H23N5O2S/c1-34(32,33)30-22-14-21(17-27-18-22)24-15-25(28-16-19-8-4-2-5-9-19)26-23(12-13-31(26)29-24)20-10-6-3-7-11-20/h2-15,17-18,28,30H,16H2,1H3. The minimum atomic E-state index is -3.41. The van der Waals surface area contributed by atoms with Gasteiger partial charge < -0.3 is 5.32 Å². The van der Waals surface area contributed by atoms with Crippen molar-refractivity contribution in [1.29, 1.82) is 0 Å². The van der Waals surface area contributed by atoms with Gasteiger partial charge in [0.05, 0.1) is 35.0 Å². The van der Waals surface area contributed by atoms with Crippen molar-refractivity contribution in [1.82, 2.24) is 14.6 Å². The molecule has 0 fully saturated rings. The van der Waals surface area contributed by atoms with E-state index in [0.717, 1.165) is 34.2 Å². The van der Waals surface area contributed by atoms with Crippen molar-refractivity contribution in [2.75, 3.05) is 16.3 Å². The molecule has 5 aromatic rings. The van der Waals surface area contributed by atoms with E-state index in [1.807, 2.05) is 53.2 Å². The number of rotatable bonds is 7. The smallest absolute Gasteiger partial charge is 0.229 e. The number of hydrogen-bond donors (Lipinski definition) is 2. The van der Waals surface area contributed by atoms with E-state index in [4.69, 9.17) is 5.10 Å². The van der Waals surface area contributed by atoms with Gasteiger partial charge in [-0.15, -0.1) is 0 Å². The molecule has 0 aliphatic carbocycles. The lowest BCUT2D eigenvalue weighted by molar-refractivity contribution is 0.607. The van der Waals surface area contributed by atoms with Crippen LogP contribution in [0.15, 0.2) is 97.5 Å². The van der Waals surface area contributed by atoms with Crippen molar-refractivity contribution < 1.29 is 8.42 Å². The highest BCUT2D eigenvalue weighted by molar-refractivity contribution is 7.92. The summed E-state index contributed by atoms with van der Waals surface area (Å²) >= 11 is 0. The number of benzene rings is 2. The van der Waals surface area contributed by atoms with Crippen LogP contribution in [0.25, 0.3) is 27.9 Å². The molecule has 0 saturated heterocycles. The van der Waals surface area contributed by atoms with Gasteiger partial charge in [-0.25, -0.2) is 12.9 Å². The van der Waals surface area contributed by atoms with Crippen LogP contribution < -0.4 is 10.0 Å². The number of aromatic nitrogens is 3. The molecule has 0 unspecified atom stereocenters. The van der Waals surface area contributed by atoms with E-state index in [1.165, 1.54) is 6.20 Å². The molecule has 170 valence electrons. The Morgan fingerprint density at radius 3 is 2.35 bits per heavy atom. The number of nitrogens with one attached hydrogen (secondary N) is 2. The molecule has 0 radical (unpaired) electrons. The van der Waals surface area contributed by atoms with E-state index in [0.29, 0.717) is 23.5 Å². The number of sulfonamides is 1. The summed E-state index contributed by atoms with van der Waals surface area (Å²) in [5.74, 6) is 0. The minimum absolute atomic E-state index is 0.387. The lowest BCUT2D eigenvalue weighted by Crippen LogP contribution is -2.10. The molecule has 2 N–H and O–H groups in total. The van der Waals surface area contributed by atoms with Crippen LogP contribution in [0.2, 0.25) is 0 Å². The van der Waals surface area contributed by atoms with Gasteiger partial charge in [0.25, 0.3) is 0 Å². The zero-order valence-electron chi connectivity index (χ0n) is 18.5. The molecule has 3 aromatic heterocycles. The minimum Gasteiger partial charge on any atom is -0.379 e. The van der Waals surface area contributed by atoms with Crippen LogP contribution in [0.5, 0.6) is 0 Å². The molecule has 0 amide bonds. The topological polar surface area (TPSA) is 88.4 Å². The summed E-state index contributed by atoms with van der Waals surface area (Å²) in [6.07, 6.45) is 6.19. The highest BCUT2D eigenvalue weighted by atomic mass is 32.2. The van der Waals surface area contributed by atoms with Gasteiger partial charge >= 0.3 is 0 Å². The first-order chi connectivity index (χ1) is 16.5. The quantitative estimate of drug-likeness (QED) is 0.348. The maximum absolute atomic E-state index is 11.7. The molecule has 0 saturated carbocycles. The Bertz CT molecular complexity index is 1550. The molecule has 34 heavy (non-hydrogen) atoms.